The number of sulfonamides is 1. The predicted molar refractivity (Wildman–Crippen MR) is 115 cm³/mol. The van der Waals surface area contributed by atoms with Crippen LogP contribution >= 0.6 is 11.3 Å². The van der Waals surface area contributed by atoms with Crippen LogP contribution < -0.4 is 5.43 Å². The third-order valence-electron chi connectivity index (χ3n) is 4.09. The first-order valence-electron chi connectivity index (χ1n) is 8.66. The number of benzene rings is 1. The molecule has 0 atom stereocenters. The predicted octanol–water partition coefficient (Wildman–Crippen LogP) is 3.69. The molecule has 1 N–H and O–H groups in total. The van der Waals surface area contributed by atoms with Crippen molar-refractivity contribution in [2.45, 2.75) is 31.1 Å². The molecular weight excluding hydrogens is 394 g/mol. The highest BCUT2D eigenvalue weighted by atomic mass is 32.2. The van der Waals surface area contributed by atoms with Gasteiger partial charge in [0.05, 0.1) is 16.5 Å². The molecule has 2 heterocycles. The van der Waals surface area contributed by atoms with Gasteiger partial charge in [-0.15, -0.1) is 11.3 Å². The summed E-state index contributed by atoms with van der Waals surface area (Å²) in [6, 6.07) is 8.71. The van der Waals surface area contributed by atoms with E-state index in [0.29, 0.717) is 11.4 Å². The second-order valence-corrected chi connectivity index (χ2v) is 10.7. The SMILES string of the molecule is CN(C)S(=O)(=O)c1cccc(C=NNc2ncnc3sc(C(C)(C)C)cc23)c1. The van der Waals surface area contributed by atoms with E-state index in [4.69, 9.17) is 0 Å². The molecule has 0 aliphatic heterocycles. The lowest BCUT2D eigenvalue weighted by molar-refractivity contribution is 0.520. The maximum atomic E-state index is 12.3. The lowest BCUT2D eigenvalue weighted by Gasteiger charge is -2.14. The Balaban J connectivity index is 1.85. The van der Waals surface area contributed by atoms with Crippen LogP contribution in [0.1, 0.15) is 31.2 Å². The standard InChI is InChI=1S/C19H23N5O2S2/c1-19(2,3)16-10-15-17(20-12-21-18(15)27-16)23-22-11-13-7-6-8-14(9-13)28(25,26)24(4)5/h6-12H,1-5H3,(H,20,21,23). The van der Waals surface area contributed by atoms with Crippen LogP contribution in [0.15, 0.2) is 46.7 Å². The zero-order chi connectivity index (χ0) is 20.5. The fourth-order valence-corrected chi connectivity index (χ4v) is 4.46. The topological polar surface area (TPSA) is 87.5 Å². The smallest absolute Gasteiger partial charge is 0.242 e. The van der Waals surface area contributed by atoms with Gasteiger partial charge in [-0.25, -0.2) is 22.7 Å². The second-order valence-electron chi connectivity index (χ2n) is 7.53. The second kappa shape index (κ2) is 7.57. The molecule has 7 nitrogen and oxygen atoms in total. The van der Waals surface area contributed by atoms with Gasteiger partial charge in [0.2, 0.25) is 10.0 Å². The summed E-state index contributed by atoms with van der Waals surface area (Å²) in [6.45, 7) is 6.47. The molecule has 0 saturated carbocycles. The quantitative estimate of drug-likeness (QED) is 0.505. The number of aromatic nitrogens is 2. The summed E-state index contributed by atoms with van der Waals surface area (Å²) in [6.07, 6.45) is 3.08. The monoisotopic (exact) mass is 417 g/mol. The molecule has 148 valence electrons. The van der Waals surface area contributed by atoms with Crippen LogP contribution in [0.5, 0.6) is 0 Å². The molecule has 3 aromatic rings. The molecule has 0 amide bonds. The van der Waals surface area contributed by atoms with Crippen LogP contribution in [-0.4, -0.2) is 43.0 Å². The van der Waals surface area contributed by atoms with Crippen LogP contribution in [0.3, 0.4) is 0 Å². The van der Waals surface area contributed by atoms with E-state index >= 15 is 0 Å². The van der Waals surface area contributed by atoms with Crippen molar-refractivity contribution in [1.29, 1.82) is 0 Å². The molecule has 0 unspecified atom stereocenters. The molecule has 1 aromatic carbocycles. The summed E-state index contributed by atoms with van der Waals surface area (Å²) in [5, 5.41) is 5.15. The van der Waals surface area contributed by atoms with Crippen molar-refractivity contribution < 1.29 is 8.42 Å². The number of thiophene rings is 1. The summed E-state index contributed by atoms with van der Waals surface area (Å²) in [7, 11) is -0.475. The van der Waals surface area contributed by atoms with Crippen molar-refractivity contribution in [1.82, 2.24) is 14.3 Å². The van der Waals surface area contributed by atoms with Crippen LogP contribution in [0.4, 0.5) is 5.82 Å². The van der Waals surface area contributed by atoms with Gasteiger partial charge in [0.25, 0.3) is 0 Å². The molecule has 0 aliphatic carbocycles. The highest BCUT2D eigenvalue weighted by Gasteiger charge is 2.19. The average molecular weight is 418 g/mol. The first-order chi connectivity index (χ1) is 13.1. The third kappa shape index (κ3) is 4.21. The molecule has 2 aromatic heterocycles. The van der Waals surface area contributed by atoms with Crippen LogP contribution in [0.25, 0.3) is 10.2 Å². The minimum atomic E-state index is -3.48. The highest BCUT2D eigenvalue weighted by Crippen LogP contribution is 2.35. The van der Waals surface area contributed by atoms with Crippen LogP contribution in [0.2, 0.25) is 0 Å². The molecule has 28 heavy (non-hydrogen) atoms. The average Bonchev–Trinajstić information content (AvgIpc) is 3.07. The summed E-state index contributed by atoms with van der Waals surface area (Å²) < 4.78 is 25.7. The number of hydrogen-bond acceptors (Lipinski definition) is 7. The van der Waals surface area contributed by atoms with E-state index in [1.807, 2.05) is 0 Å². The van der Waals surface area contributed by atoms with E-state index in [0.717, 1.165) is 10.2 Å². The van der Waals surface area contributed by atoms with Crippen molar-refractivity contribution >= 4 is 43.6 Å². The number of rotatable bonds is 5. The fourth-order valence-electron chi connectivity index (χ4n) is 2.45. The number of fused-ring (bicyclic) bond motifs is 1. The van der Waals surface area contributed by atoms with E-state index in [2.05, 4.69) is 47.3 Å². The summed E-state index contributed by atoms with van der Waals surface area (Å²) in [4.78, 5) is 11.0. The van der Waals surface area contributed by atoms with Crippen molar-refractivity contribution in [3.8, 4) is 0 Å². The van der Waals surface area contributed by atoms with Gasteiger partial charge < -0.3 is 0 Å². The highest BCUT2D eigenvalue weighted by molar-refractivity contribution is 7.89. The van der Waals surface area contributed by atoms with E-state index in [-0.39, 0.29) is 10.3 Å². The Bertz CT molecular complexity index is 1130. The minimum absolute atomic E-state index is 0.0320. The molecule has 0 bridgehead atoms. The van der Waals surface area contributed by atoms with E-state index < -0.39 is 10.0 Å². The van der Waals surface area contributed by atoms with Crippen LogP contribution in [-0.2, 0) is 15.4 Å². The molecule has 0 fully saturated rings. The Morgan fingerprint density at radius 1 is 1.18 bits per heavy atom. The summed E-state index contributed by atoms with van der Waals surface area (Å²) >= 11 is 1.64. The molecular formula is C19H23N5O2S2. The van der Waals surface area contributed by atoms with Gasteiger partial charge in [-0.1, -0.05) is 32.9 Å². The van der Waals surface area contributed by atoms with Gasteiger partial charge in [0.15, 0.2) is 5.82 Å². The summed E-state index contributed by atoms with van der Waals surface area (Å²) in [5.41, 5.74) is 3.65. The zero-order valence-electron chi connectivity index (χ0n) is 16.5. The van der Waals surface area contributed by atoms with Crippen LogP contribution in [0, 0.1) is 0 Å². The molecule has 0 radical (unpaired) electrons. The Labute approximate surface area is 169 Å². The molecule has 0 spiro atoms. The van der Waals surface area contributed by atoms with Crippen molar-refractivity contribution in [3.05, 3.63) is 47.1 Å². The fraction of sp³-hybridized carbons (Fsp3) is 0.316. The number of hydrogen-bond donors (Lipinski definition) is 1. The normalized spacial score (nSPS) is 12.9. The summed E-state index contributed by atoms with van der Waals surface area (Å²) in [5.74, 6) is 0.616. The lowest BCUT2D eigenvalue weighted by Crippen LogP contribution is -2.22. The molecule has 3 rings (SSSR count). The Hall–Kier alpha value is -2.36. The Morgan fingerprint density at radius 2 is 1.93 bits per heavy atom. The van der Waals surface area contributed by atoms with Crippen molar-refractivity contribution in [2.75, 3.05) is 19.5 Å². The molecule has 9 heteroatoms. The van der Waals surface area contributed by atoms with Crippen molar-refractivity contribution in [2.24, 2.45) is 5.10 Å². The number of nitrogens with zero attached hydrogens (tertiary/aromatic N) is 4. The van der Waals surface area contributed by atoms with Crippen molar-refractivity contribution in [3.63, 3.8) is 0 Å². The largest absolute Gasteiger partial charge is 0.261 e. The first-order valence-corrected chi connectivity index (χ1v) is 10.9. The van der Waals surface area contributed by atoms with Gasteiger partial charge in [-0.2, -0.15) is 5.10 Å². The van der Waals surface area contributed by atoms with Gasteiger partial charge in [-0.3, -0.25) is 5.43 Å². The molecule has 0 saturated heterocycles. The third-order valence-corrected chi connectivity index (χ3v) is 7.37. The van der Waals surface area contributed by atoms with E-state index in [1.165, 1.54) is 29.6 Å². The Kier molecular flexibility index (Phi) is 5.51. The van der Waals surface area contributed by atoms with Gasteiger partial charge >= 0.3 is 0 Å². The van der Waals surface area contributed by atoms with Gasteiger partial charge in [0.1, 0.15) is 11.2 Å². The lowest BCUT2D eigenvalue weighted by atomic mass is 9.94. The first kappa shape index (κ1) is 20.4. The minimum Gasteiger partial charge on any atom is -0.261 e. The number of nitrogens with one attached hydrogen (secondary N) is 1. The molecule has 0 aliphatic rings. The van der Waals surface area contributed by atoms with Gasteiger partial charge in [0, 0.05) is 19.0 Å². The number of hydrazone groups is 1. The van der Waals surface area contributed by atoms with Gasteiger partial charge in [-0.05, 0) is 29.2 Å². The maximum absolute atomic E-state index is 12.3. The maximum Gasteiger partial charge on any atom is 0.242 e. The zero-order valence-corrected chi connectivity index (χ0v) is 18.1. The number of anilines is 1. The van der Waals surface area contributed by atoms with E-state index in [9.17, 15) is 8.42 Å². The Morgan fingerprint density at radius 3 is 2.61 bits per heavy atom. The van der Waals surface area contributed by atoms with E-state index in [1.54, 1.807) is 41.8 Å².